The Morgan fingerprint density at radius 1 is 1.25 bits per heavy atom. The van der Waals surface area contributed by atoms with E-state index in [9.17, 15) is 9.90 Å². The summed E-state index contributed by atoms with van der Waals surface area (Å²) in [6.45, 7) is 5.04. The van der Waals surface area contributed by atoms with Gasteiger partial charge in [-0.2, -0.15) is 0 Å². The molecular weight excluding hydrogens is 302 g/mol. The number of nitrogens with zero attached hydrogens (tertiary/aromatic N) is 2. The summed E-state index contributed by atoms with van der Waals surface area (Å²) in [5.74, 6) is 0.481. The number of fused-ring (bicyclic) bond motifs is 1. The topological polar surface area (TPSA) is 65.5 Å². The molecule has 0 saturated heterocycles. The van der Waals surface area contributed by atoms with Crippen molar-refractivity contribution in [3.63, 3.8) is 0 Å². The molecule has 0 saturated carbocycles. The average molecular weight is 325 g/mol. The fourth-order valence-electron chi connectivity index (χ4n) is 2.92. The monoisotopic (exact) mass is 325 g/mol. The Bertz CT molecular complexity index is 743. The van der Waals surface area contributed by atoms with Crippen LogP contribution < -0.4 is 10.2 Å². The molecule has 2 heterocycles. The summed E-state index contributed by atoms with van der Waals surface area (Å²) < 4.78 is 0. The van der Waals surface area contributed by atoms with E-state index in [-0.39, 0.29) is 12.5 Å². The van der Waals surface area contributed by atoms with Crippen molar-refractivity contribution >= 4 is 11.7 Å². The van der Waals surface area contributed by atoms with Crippen LogP contribution in [0.1, 0.15) is 35.3 Å². The summed E-state index contributed by atoms with van der Waals surface area (Å²) in [4.78, 5) is 19.2. The Hall–Kier alpha value is -2.40. The number of hydrogen-bond donors (Lipinski definition) is 2. The number of rotatable bonds is 4. The summed E-state index contributed by atoms with van der Waals surface area (Å²) in [6.07, 6.45) is 2.65. The number of aromatic nitrogens is 1. The van der Waals surface area contributed by atoms with E-state index in [0.29, 0.717) is 11.4 Å². The van der Waals surface area contributed by atoms with Crippen molar-refractivity contribution < 1.29 is 9.90 Å². The Labute approximate surface area is 142 Å². The van der Waals surface area contributed by atoms with Crippen LogP contribution in [0.5, 0.6) is 0 Å². The number of carbonyl (C=O) groups is 1. The van der Waals surface area contributed by atoms with Crippen molar-refractivity contribution in [1.29, 1.82) is 0 Å². The standard InChI is InChI=1S/C19H23N3O2/c1-19(2,13-23)21-18(24)16-8-5-10-20-17(16)22-11-9-14-6-3-4-7-15(14)12-22/h3-8,10,23H,9,11-13H2,1-2H3,(H,21,24). The molecule has 2 aromatic rings. The number of nitrogens with one attached hydrogen (secondary N) is 1. The van der Waals surface area contributed by atoms with Gasteiger partial charge in [-0.05, 0) is 43.5 Å². The molecule has 5 heteroatoms. The lowest BCUT2D eigenvalue weighted by atomic mass is 9.99. The van der Waals surface area contributed by atoms with Crippen LogP contribution in [0.25, 0.3) is 0 Å². The van der Waals surface area contributed by atoms with E-state index >= 15 is 0 Å². The van der Waals surface area contributed by atoms with Crippen molar-refractivity contribution in [2.24, 2.45) is 0 Å². The smallest absolute Gasteiger partial charge is 0.255 e. The first-order chi connectivity index (χ1) is 11.5. The number of aliphatic hydroxyl groups excluding tert-OH is 1. The van der Waals surface area contributed by atoms with Crippen molar-refractivity contribution in [1.82, 2.24) is 10.3 Å². The van der Waals surface area contributed by atoms with Crippen molar-refractivity contribution in [3.05, 3.63) is 59.3 Å². The van der Waals surface area contributed by atoms with E-state index in [4.69, 9.17) is 0 Å². The third kappa shape index (κ3) is 3.41. The SMILES string of the molecule is CC(C)(CO)NC(=O)c1cccnc1N1CCc2ccccc2C1. The largest absolute Gasteiger partial charge is 0.394 e. The molecule has 24 heavy (non-hydrogen) atoms. The molecule has 2 N–H and O–H groups in total. The van der Waals surface area contributed by atoms with Crippen LogP contribution in [0.15, 0.2) is 42.6 Å². The first-order valence-corrected chi connectivity index (χ1v) is 8.20. The predicted molar refractivity (Wildman–Crippen MR) is 94.1 cm³/mol. The lowest BCUT2D eigenvalue weighted by Crippen LogP contribution is -2.46. The van der Waals surface area contributed by atoms with E-state index in [0.717, 1.165) is 19.5 Å². The van der Waals surface area contributed by atoms with Gasteiger partial charge in [-0.25, -0.2) is 4.98 Å². The molecule has 5 nitrogen and oxygen atoms in total. The zero-order valence-corrected chi connectivity index (χ0v) is 14.1. The molecule has 1 aliphatic rings. The van der Waals surface area contributed by atoms with Crippen LogP contribution >= 0.6 is 0 Å². The van der Waals surface area contributed by atoms with Gasteiger partial charge in [0, 0.05) is 19.3 Å². The highest BCUT2D eigenvalue weighted by Gasteiger charge is 2.25. The number of anilines is 1. The first-order valence-electron chi connectivity index (χ1n) is 8.20. The van der Waals surface area contributed by atoms with Gasteiger partial charge in [-0.1, -0.05) is 24.3 Å². The van der Waals surface area contributed by atoms with Gasteiger partial charge in [0.1, 0.15) is 5.82 Å². The minimum Gasteiger partial charge on any atom is -0.394 e. The molecule has 126 valence electrons. The van der Waals surface area contributed by atoms with E-state index in [1.807, 2.05) is 6.07 Å². The van der Waals surface area contributed by atoms with Gasteiger partial charge in [-0.3, -0.25) is 4.79 Å². The van der Waals surface area contributed by atoms with Crippen molar-refractivity contribution in [2.45, 2.75) is 32.4 Å². The first kappa shape index (κ1) is 16.5. The molecule has 3 rings (SSSR count). The van der Waals surface area contributed by atoms with E-state index in [1.165, 1.54) is 11.1 Å². The highest BCUT2D eigenvalue weighted by Crippen LogP contribution is 2.25. The maximum Gasteiger partial charge on any atom is 0.255 e. The summed E-state index contributed by atoms with van der Waals surface area (Å²) in [6, 6.07) is 11.9. The van der Waals surface area contributed by atoms with Crippen LogP contribution in [-0.2, 0) is 13.0 Å². The molecule has 0 fully saturated rings. The average Bonchev–Trinajstić information content (AvgIpc) is 2.61. The van der Waals surface area contributed by atoms with Crippen molar-refractivity contribution in [3.8, 4) is 0 Å². The second kappa shape index (κ2) is 6.61. The molecule has 0 unspecified atom stereocenters. The van der Waals surface area contributed by atoms with E-state index in [2.05, 4.69) is 33.4 Å². The minimum absolute atomic E-state index is 0.120. The fraction of sp³-hybridized carbons (Fsp3) is 0.368. The molecule has 0 radical (unpaired) electrons. The summed E-state index contributed by atoms with van der Waals surface area (Å²) in [5.41, 5.74) is 2.51. The molecule has 1 aromatic heterocycles. The summed E-state index contributed by atoms with van der Waals surface area (Å²) in [7, 11) is 0. The van der Waals surface area contributed by atoms with Gasteiger partial charge >= 0.3 is 0 Å². The van der Waals surface area contributed by atoms with E-state index in [1.54, 1.807) is 32.2 Å². The minimum atomic E-state index is -0.668. The Morgan fingerprint density at radius 3 is 2.75 bits per heavy atom. The van der Waals surface area contributed by atoms with Crippen LogP contribution in [0.3, 0.4) is 0 Å². The van der Waals surface area contributed by atoms with Gasteiger partial charge < -0.3 is 15.3 Å². The number of pyridine rings is 1. The van der Waals surface area contributed by atoms with E-state index < -0.39 is 5.54 Å². The zero-order valence-electron chi connectivity index (χ0n) is 14.1. The lowest BCUT2D eigenvalue weighted by molar-refractivity contribution is 0.0869. The molecule has 0 spiro atoms. The van der Waals surface area contributed by atoms with Gasteiger partial charge in [0.2, 0.25) is 0 Å². The summed E-state index contributed by atoms with van der Waals surface area (Å²) in [5, 5.41) is 12.2. The molecular formula is C19H23N3O2. The predicted octanol–water partition coefficient (Wildman–Crippen LogP) is 2.15. The molecule has 0 bridgehead atoms. The Morgan fingerprint density at radius 2 is 2.00 bits per heavy atom. The van der Waals surface area contributed by atoms with Gasteiger partial charge in [0.05, 0.1) is 17.7 Å². The highest BCUT2D eigenvalue weighted by atomic mass is 16.3. The van der Waals surface area contributed by atoms with Gasteiger partial charge in [0.15, 0.2) is 0 Å². The van der Waals surface area contributed by atoms with Crippen LogP contribution in [0.4, 0.5) is 5.82 Å². The lowest BCUT2D eigenvalue weighted by Gasteiger charge is -2.31. The molecule has 1 aromatic carbocycles. The normalized spacial score (nSPS) is 14.2. The second-order valence-corrected chi connectivity index (χ2v) is 6.81. The zero-order chi connectivity index (χ0) is 17.2. The molecule has 1 amide bonds. The maximum absolute atomic E-state index is 12.6. The van der Waals surface area contributed by atoms with Crippen LogP contribution in [0.2, 0.25) is 0 Å². The Balaban J connectivity index is 1.86. The van der Waals surface area contributed by atoms with Gasteiger partial charge in [-0.15, -0.1) is 0 Å². The number of benzene rings is 1. The second-order valence-electron chi connectivity index (χ2n) is 6.81. The van der Waals surface area contributed by atoms with Crippen LogP contribution in [-0.4, -0.2) is 34.7 Å². The van der Waals surface area contributed by atoms with Crippen LogP contribution in [0, 0.1) is 0 Å². The number of aliphatic hydroxyl groups is 1. The Kier molecular flexibility index (Phi) is 4.53. The third-order valence-electron chi connectivity index (χ3n) is 4.31. The number of hydrogen-bond acceptors (Lipinski definition) is 4. The molecule has 0 aliphatic carbocycles. The molecule has 1 aliphatic heterocycles. The number of carbonyl (C=O) groups excluding carboxylic acids is 1. The maximum atomic E-state index is 12.6. The van der Waals surface area contributed by atoms with Crippen molar-refractivity contribution in [2.75, 3.05) is 18.1 Å². The summed E-state index contributed by atoms with van der Waals surface area (Å²) >= 11 is 0. The molecule has 0 atom stereocenters. The fourth-order valence-corrected chi connectivity index (χ4v) is 2.92. The van der Waals surface area contributed by atoms with Gasteiger partial charge in [0.25, 0.3) is 5.91 Å². The third-order valence-corrected chi connectivity index (χ3v) is 4.31. The highest BCUT2D eigenvalue weighted by molar-refractivity contribution is 5.99. The quantitative estimate of drug-likeness (QED) is 0.904. The number of amides is 1.